The first-order valence-electron chi connectivity index (χ1n) is 9.99. The molecule has 0 radical (unpaired) electrons. The second-order valence-corrected chi connectivity index (χ2v) is 7.17. The number of hydrogen-bond acceptors (Lipinski definition) is 6. The number of rotatable bonds is 6. The molecule has 0 aliphatic rings. The van der Waals surface area contributed by atoms with Gasteiger partial charge in [0.25, 0.3) is 0 Å². The van der Waals surface area contributed by atoms with E-state index in [0.29, 0.717) is 17.4 Å². The smallest absolute Gasteiger partial charge is 0.346 e. The van der Waals surface area contributed by atoms with Crippen LogP contribution >= 0.6 is 0 Å². The number of carbonyl (C=O) groups is 1. The Hall–Kier alpha value is -3.93. The SMILES string of the molecule is COC(=O)C(C)Oc1cc(Nc2nc(-c3ccccc3)nc3ccccc23)ccc1C. The molecule has 1 heterocycles. The fraction of sp³-hybridized carbons (Fsp3) is 0.160. The molecule has 1 aromatic heterocycles. The molecule has 4 rings (SSSR count). The van der Waals surface area contributed by atoms with E-state index in [-0.39, 0.29) is 0 Å². The highest BCUT2D eigenvalue weighted by atomic mass is 16.6. The second-order valence-electron chi connectivity index (χ2n) is 7.17. The van der Waals surface area contributed by atoms with E-state index in [1.54, 1.807) is 6.92 Å². The second kappa shape index (κ2) is 8.83. The lowest BCUT2D eigenvalue weighted by Gasteiger charge is -2.16. The normalized spacial score (nSPS) is 11.7. The molecule has 6 nitrogen and oxygen atoms in total. The molecule has 4 aromatic rings. The molecule has 3 aromatic carbocycles. The van der Waals surface area contributed by atoms with Gasteiger partial charge >= 0.3 is 5.97 Å². The Morgan fingerprint density at radius 3 is 2.48 bits per heavy atom. The van der Waals surface area contributed by atoms with E-state index in [9.17, 15) is 4.79 Å². The van der Waals surface area contributed by atoms with E-state index >= 15 is 0 Å². The number of nitrogens with zero attached hydrogens (tertiary/aromatic N) is 2. The average Bonchev–Trinajstić information content (AvgIpc) is 2.81. The van der Waals surface area contributed by atoms with Crippen molar-refractivity contribution in [3.05, 3.63) is 78.4 Å². The topological polar surface area (TPSA) is 73.3 Å². The molecule has 0 saturated heterocycles. The van der Waals surface area contributed by atoms with Gasteiger partial charge in [0.15, 0.2) is 11.9 Å². The largest absolute Gasteiger partial charge is 0.479 e. The molecule has 0 aliphatic heterocycles. The van der Waals surface area contributed by atoms with Crippen LogP contribution in [0.3, 0.4) is 0 Å². The van der Waals surface area contributed by atoms with Crippen molar-refractivity contribution in [3.63, 3.8) is 0 Å². The standard InChI is InChI=1S/C25H23N3O3/c1-16-13-14-19(15-22(16)31-17(2)25(29)30-3)26-24-20-11-7-8-12-21(20)27-23(28-24)18-9-5-4-6-10-18/h4-15,17H,1-3H3,(H,26,27,28). The van der Waals surface area contributed by atoms with Crippen molar-refractivity contribution in [1.82, 2.24) is 9.97 Å². The van der Waals surface area contributed by atoms with Crippen LogP contribution in [-0.2, 0) is 9.53 Å². The number of para-hydroxylation sites is 1. The first-order valence-corrected chi connectivity index (χ1v) is 9.99. The molecule has 1 N–H and O–H groups in total. The Bertz CT molecular complexity index is 1230. The van der Waals surface area contributed by atoms with Crippen molar-refractivity contribution >= 4 is 28.4 Å². The van der Waals surface area contributed by atoms with Crippen LogP contribution in [0.5, 0.6) is 5.75 Å². The maximum atomic E-state index is 11.7. The first-order chi connectivity index (χ1) is 15.0. The number of ether oxygens (including phenoxy) is 2. The molecular formula is C25H23N3O3. The summed E-state index contributed by atoms with van der Waals surface area (Å²) >= 11 is 0. The van der Waals surface area contributed by atoms with Gasteiger partial charge in [-0.15, -0.1) is 0 Å². The van der Waals surface area contributed by atoms with Crippen molar-refractivity contribution in [1.29, 1.82) is 0 Å². The molecule has 6 heteroatoms. The summed E-state index contributed by atoms with van der Waals surface area (Å²) in [5, 5.41) is 4.30. The minimum Gasteiger partial charge on any atom is -0.479 e. The van der Waals surface area contributed by atoms with E-state index in [1.807, 2.05) is 79.7 Å². The number of fused-ring (bicyclic) bond motifs is 1. The third-order valence-electron chi connectivity index (χ3n) is 4.92. The number of carbonyl (C=O) groups excluding carboxylic acids is 1. The summed E-state index contributed by atoms with van der Waals surface area (Å²) < 4.78 is 10.6. The zero-order valence-corrected chi connectivity index (χ0v) is 17.6. The van der Waals surface area contributed by atoms with Gasteiger partial charge in [0.2, 0.25) is 0 Å². The van der Waals surface area contributed by atoms with Crippen LogP contribution in [0.15, 0.2) is 72.8 Å². The number of aryl methyl sites for hydroxylation is 1. The van der Waals surface area contributed by atoms with Gasteiger partial charge in [-0.3, -0.25) is 0 Å². The van der Waals surface area contributed by atoms with Gasteiger partial charge in [0.1, 0.15) is 11.6 Å². The Morgan fingerprint density at radius 2 is 1.71 bits per heavy atom. The van der Waals surface area contributed by atoms with E-state index < -0.39 is 12.1 Å². The zero-order chi connectivity index (χ0) is 21.8. The molecule has 0 saturated carbocycles. The quantitative estimate of drug-likeness (QED) is 0.433. The van der Waals surface area contributed by atoms with E-state index in [0.717, 1.165) is 27.7 Å². The highest BCUT2D eigenvalue weighted by Gasteiger charge is 2.16. The summed E-state index contributed by atoms with van der Waals surface area (Å²) in [6, 6.07) is 23.5. The molecule has 1 atom stereocenters. The maximum absolute atomic E-state index is 11.7. The number of methoxy groups -OCH3 is 1. The van der Waals surface area contributed by atoms with E-state index in [4.69, 9.17) is 19.4 Å². The minimum atomic E-state index is -0.705. The third kappa shape index (κ3) is 4.48. The lowest BCUT2D eigenvalue weighted by Crippen LogP contribution is -2.25. The van der Waals surface area contributed by atoms with Gasteiger partial charge < -0.3 is 14.8 Å². The van der Waals surface area contributed by atoms with Gasteiger partial charge in [0, 0.05) is 22.7 Å². The van der Waals surface area contributed by atoms with Gasteiger partial charge in [-0.2, -0.15) is 0 Å². The molecule has 0 amide bonds. The molecule has 0 fully saturated rings. The average molecular weight is 413 g/mol. The molecule has 1 unspecified atom stereocenters. The number of esters is 1. The minimum absolute atomic E-state index is 0.424. The van der Waals surface area contributed by atoms with Gasteiger partial charge in [-0.05, 0) is 37.6 Å². The molecular weight excluding hydrogens is 390 g/mol. The Labute approximate surface area is 180 Å². The number of hydrogen-bond donors (Lipinski definition) is 1. The summed E-state index contributed by atoms with van der Waals surface area (Å²) in [7, 11) is 1.34. The highest BCUT2D eigenvalue weighted by Crippen LogP contribution is 2.30. The van der Waals surface area contributed by atoms with Crippen LogP contribution in [0.2, 0.25) is 0 Å². The lowest BCUT2D eigenvalue weighted by atomic mass is 10.1. The van der Waals surface area contributed by atoms with Gasteiger partial charge in [0.05, 0.1) is 12.6 Å². The summed E-state index contributed by atoms with van der Waals surface area (Å²) in [5.74, 6) is 1.52. The molecule has 31 heavy (non-hydrogen) atoms. The van der Waals surface area contributed by atoms with Crippen molar-refractivity contribution in [3.8, 4) is 17.1 Å². The predicted molar refractivity (Wildman–Crippen MR) is 122 cm³/mol. The fourth-order valence-electron chi connectivity index (χ4n) is 3.23. The van der Waals surface area contributed by atoms with Crippen LogP contribution in [0.1, 0.15) is 12.5 Å². The van der Waals surface area contributed by atoms with Crippen LogP contribution < -0.4 is 10.1 Å². The molecule has 0 aliphatic carbocycles. The van der Waals surface area contributed by atoms with Crippen LogP contribution in [0.25, 0.3) is 22.3 Å². The predicted octanol–water partition coefficient (Wildman–Crippen LogP) is 5.29. The number of anilines is 2. The van der Waals surface area contributed by atoms with E-state index in [1.165, 1.54) is 7.11 Å². The number of benzene rings is 3. The lowest BCUT2D eigenvalue weighted by molar-refractivity contribution is -0.147. The van der Waals surface area contributed by atoms with Crippen molar-refractivity contribution in [2.45, 2.75) is 20.0 Å². The Morgan fingerprint density at radius 1 is 0.968 bits per heavy atom. The van der Waals surface area contributed by atoms with Gasteiger partial charge in [-0.25, -0.2) is 14.8 Å². The van der Waals surface area contributed by atoms with Gasteiger partial charge in [-0.1, -0.05) is 48.5 Å². The van der Waals surface area contributed by atoms with Crippen LogP contribution in [0, 0.1) is 6.92 Å². The fourth-order valence-corrected chi connectivity index (χ4v) is 3.23. The summed E-state index contributed by atoms with van der Waals surface area (Å²) in [5.41, 5.74) is 3.50. The Kier molecular flexibility index (Phi) is 5.80. The maximum Gasteiger partial charge on any atom is 0.346 e. The van der Waals surface area contributed by atoms with Crippen LogP contribution in [-0.4, -0.2) is 29.2 Å². The zero-order valence-electron chi connectivity index (χ0n) is 17.6. The summed E-state index contributed by atoms with van der Waals surface area (Å²) in [6.07, 6.45) is -0.705. The Balaban J connectivity index is 1.71. The summed E-state index contributed by atoms with van der Waals surface area (Å²) in [4.78, 5) is 21.2. The monoisotopic (exact) mass is 413 g/mol. The highest BCUT2D eigenvalue weighted by molar-refractivity contribution is 5.92. The summed E-state index contributed by atoms with van der Waals surface area (Å²) in [6.45, 7) is 3.59. The molecule has 156 valence electrons. The third-order valence-corrected chi connectivity index (χ3v) is 4.92. The van der Waals surface area contributed by atoms with Crippen molar-refractivity contribution < 1.29 is 14.3 Å². The van der Waals surface area contributed by atoms with Crippen molar-refractivity contribution in [2.24, 2.45) is 0 Å². The molecule has 0 bridgehead atoms. The van der Waals surface area contributed by atoms with E-state index in [2.05, 4.69) is 5.32 Å². The van der Waals surface area contributed by atoms with Crippen molar-refractivity contribution in [2.75, 3.05) is 12.4 Å². The molecule has 0 spiro atoms. The first kappa shape index (κ1) is 20.3. The van der Waals surface area contributed by atoms with Crippen LogP contribution in [0.4, 0.5) is 11.5 Å². The number of aromatic nitrogens is 2. The number of nitrogens with one attached hydrogen (secondary N) is 1.